The van der Waals surface area contributed by atoms with Crippen LogP contribution in [0.4, 0.5) is 0 Å². The third-order valence-corrected chi connectivity index (χ3v) is 2.38. The quantitative estimate of drug-likeness (QED) is 0.658. The number of thiazole rings is 1. The Labute approximate surface area is 71.8 Å². The third-order valence-electron chi connectivity index (χ3n) is 1.59. The van der Waals surface area contributed by atoms with Gasteiger partial charge < -0.3 is 0 Å². The Morgan fingerprint density at radius 2 is 2.45 bits per heavy atom. The molecule has 0 aliphatic carbocycles. The van der Waals surface area contributed by atoms with Gasteiger partial charge in [-0.15, -0.1) is 11.3 Å². The normalized spacial score (nSPS) is 12.1. The van der Waals surface area contributed by atoms with Crippen molar-refractivity contribution in [3.8, 4) is 0 Å². The van der Waals surface area contributed by atoms with E-state index in [1.807, 2.05) is 6.92 Å². The maximum atomic E-state index is 4.34. The Morgan fingerprint density at radius 1 is 1.73 bits per heavy atom. The first kappa shape index (κ1) is 8.47. The molecule has 0 saturated heterocycles. The molecule has 0 saturated carbocycles. The lowest BCUT2D eigenvalue weighted by Crippen LogP contribution is -1.75. The van der Waals surface area contributed by atoms with E-state index in [4.69, 9.17) is 0 Å². The van der Waals surface area contributed by atoms with Crippen molar-refractivity contribution >= 4 is 17.4 Å². The van der Waals surface area contributed by atoms with E-state index in [0.717, 1.165) is 17.1 Å². The Balaban J connectivity index is 2.78. The van der Waals surface area contributed by atoms with Gasteiger partial charge in [0.2, 0.25) is 0 Å². The van der Waals surface area contributed by atoms with Gasteiger partial charge in [-0.25, -0.2) is 4.98 Å². The van der Waals surface area contributed by atoms with Gasteiger partial charge in [-0.05, 0) is 26.3 Å². The molecule has 60 valence electrons. The van der Waals surface area contributed by atoms with Crippen LogP contribution in [0.3, 0.4) is 0 Å². The Kier molecular flexibility index (Phi) is 2.83. The zero-order valence-corrected chi connectivity index (χ0v) is 8.03. The summed E-state index contributed by atoms with van der Waals surface area (Å²) >= 11 is 1.70. The van der Waals surface area contributed by atoms with Gasteiger partial charge in [0.1, 0.15) is 0 Å². The number of aromatic nitrogens is 1. The predicted octanol–water partition coefficient (Wildman–Crippen LogP) is 3.26. The van der Waals surface area contributed by atoms with E-state index in [2.05, 4.69) is 30.3 Å². The largest absolute Gasteiger partial charge is 0.242 e. The standard InChI is InChI=1S/C9H13NS/c1-4-7(2)5-9-6-11-8(3)10-9/h5-6H,4H2,1-3H3/b7-5-. The van der Waals surface area contributed by atoms with E-state index in [0.29, 0.717) is 0 Å². The summed E-state index contributed by atoms with van der Waals surface area (Å²) in [6, 6.07) is 0. The van der Waals surface area contributed by atoms with Gasteiger partial charge in [0, 0.05) is 5.38 Å². The van der Waals surface area contributed by atoms with Crippen LogP contribution in [-0.2, 0) is 0 Å². The van der Waals surface area contributed by atoms with E-state index >= 15 is 0 Å². The average molecular weight is 167 g/mol. The summed E-state index contributed by atoms with van der Waals surface area (Å²) in [5.74, 6) is 0. The number of allylic oxidation sites excluding steroid dienone is 1. The minimum atomic E-state index is 1.10. The second-order valence-corrected chi connectivity index (χ2v) is 3.70. The molecule has 0 aliphatic rings. The fourth-order valence-electron chi connectivity index (χ4n) is 0.801. The van der Waals surface area contributed by atoms with Gasteiger partial charge in [0.15, 0.2) is 0 Å². The van der Waals surface area contributed by atoms with E-state index < -0.39 is 0 Å². The first-order valence-corrected chi connectivity index (χ1v) is 4.69. The smallest absolute Gasteiger partial charge is 0.0901 e. The third kappa shape index (κ3) is 2.46. The van der Waals surface area contributed by atoms with Crippen molar-refractivity contribution in [1.29, 1.82) is 0 Å². The van der Waals surface area contributed by atoms with Crippen molar-refractivity contribution in [2.45, 2.75) is 27.2 Å². The van der Waals surface area contributed by atoms with Crippen molar-refractivity contribution in [3.63, 3.8) is 0 Å². The first-order chi connectivity index (χ1) is 5.22. The molecule has 0 amide bonds. The predicted molar refractivity (Wildman–Crippen MR) is 50.8 cm³/mol. The van der Waals surface area contributed by atoms with Gasteiger partial charge in [0.25, 0.3) is 0 Å². The molecular weight excluding hydrogens is 154 g/mol. The van der Waals surface area contributed by atoms with Gasteiger partial charge in [-0.3, -0.25) is 0 Å². The summed E-state index contributed by atoms with van der Waals surface area (Å²) in [5, 5.41) is 3.23. The topological polar surface area (TPSA) is 12.9 Å². The molecule has 0 fully saturated rings. The molecule has 0 bridgehead atoms. The van der Waals surface area contributed by atoms with Crippen molar-refractivity contribution in [2.75, 3.05) is 0 Å². The second kappa shape index (κ2) is 3.67. The SMILES string of the molecule is CC/C(C)=C\c1csc(C)n1. The Bertz CT molecular complexity index is 260. The minimum Gasteiger partial charge on any atom is -0.242 e. The fraction of sp³-hybridized carbons (Fsp3) is 0.444. The summed E-state index contributed by atoms with van der Waals surface area (Å²) in [6.07, 6.45) is 3.25. The lowest BCUT2D eigenvalue weighted by atomic mass is 10.2. The van der Waals surface area contributed by atoms with Crippen LogP contribution in [-0.4, -0.2) is 4.98 Å². The summed E-state index contributed by atoms with van der Waals surface area (Å²) in [7, 11) is 0. The lowest BCUT2D eigenvalue weighted by Gasteiger charge is -1.90. The lowest BCUT2D eigenvalue weighted by molar-refractivity contribution is 1.11. The second-order valence-electron chi connectivity index (χ2n) is 2.64. The maximum Gasteiger partial charge on any atom is 0.0901 e. The molecule has 2 heteroatoms. The van der Waals surface area contributed by atoms with Crippen LogP contribution in [0, 0.1) is 6.92 Å². The average Bonchev–Trinajstić information content (AvgIpc) is 2.35. The number of hydrogen-bond acceptors (Lipinski definition) is 2. The van der Waals surface area contributed by atoms with E-state index in [9.17, 15) is 0 Å². The summed E-state index contributed by atoms with van der Waals surface area (Å²) < 4.78 is 0. The molecule has 1 heterocycles. The Hall–Kier alpha value is -0.630. The molecule has 1 aromatic rings. The zero-order valence-electron chi connectivity index (χ0n) is 7.22. The van der Waals surface area contributed by atoms with Crippen LogP contribution < -0.4 is 0 Å². The van der Waals surface area contributed by atoms with Crippen LogP contribution in [0.1, 0.15) is 31.0 Å². The maximum absolute atomic E-state index is 4.34. The molecule has 1 rings (SSSR count). The van der Waals surface area contributed by atoms with Gasteiger partial charge >= 0.3 is 0 Å². The summed E-state index contributed by atoms with van der Waals surface area (Å²) in [4.78, 5) is 4.34. The monoisotopic (exact) mass is 167 g/mol. The van der Waals surface area contributed by atoms with Crippen molar-refractivity contribution in [1.82, 2.24) is 4.98 Å². The van der Waals surface area contributed by atoms with Crippen LogP contribution in [0.2, 0.25) is 0 Å². The zero-order chi connectivity index (χ0) is 8.27. The van der Waals surface area contributed by atoms with Gasteiger partial charge in [0.05, 0.1) is 10.7 Å². The number of nitrogens with zero attached hydrogens (tertiary/aromatic N) is 1. The molecule has 0 atom stereocenters. The van der Waals surface area contributed by atoms with Crippen molar-refractivity contribution < 1.29 is 0 Å². The highest BCUT2D eigenvalue weighted by atomic mass is 32.1. The highest BCUT2D eigenvalue weighted by molar-refractivity contribution is 7.09. The molecule has 1 nitrogen and oxygen atoms in total. The number of rotatable bonds is 2. The molecule has 0 radical (unpaired) electrons. The van der Waals surface area contributed by atoms with Crippen LogP contribution >= 0.6 is 11.3 Å². The first-order valence-electron chi connectivity index (χ1n) is 3.81. The summed E-state index contributed by atoms with van der Waals surface area (Å²) in [5.41, 5.74) is 2.49. The molecule has 0 aliphatic heterocycles. The molecular formula is C9H13NS. The van der Waals surface area contributed by atoms with Crippen molar-refractivity contribution in [2.24, 2.45) is 0 Å². The highest BCUT2D eigenvalue weighted by Crippen LogP contribution is 2.12. The number of aryl methyl sites for hydroxylation is 1. The van der Waals surface area contributed by atoms with Gasteiger partial charge in [-0.2, -0.15) is 0 Å². The van der Waals surface area contributed by atoms with Gasteiger partial charge in [-0.1, -0.05) is 12.5 Å². The van der Waals surface area contributed by atoms with Crippen LogP contribution in [0.5, 0.6) is 0 Å². The molecule has 0 spiro atoms. The molecule has 0 N–H and O–H groups in total. The van der Waals surface area contributed by atoms with Crippen LogP contribution in [0.25, 0.3) is 6.08 Å². The molecule has 11 heavy (non-hydrogen) atoms. The summed E-state index contributed by atoms with van der Waals surface area (Å²) in [6.45, 7) is 6.32. The van der Waals surface area contributed by atoms with E-state index in [1.54, 1.807) is 11.3 Å². The molecule has 1 aromatic heterocycles. The Morgan fingerprint density at radius 3 is 2.91 bits per heavy atom. The number of hydrogen-bond donors (Lipinski definition) is 0. The molecule has 0 aromatic carbocycles. The fourth-order valence-corrected chi connectivity index (χ4v) is 1.37. The van der Waals surface area contributed by atoms with Crippen molar-refractivity contribution in [3.05, 3.63) is 21.7 Å². The highest BCUT2D eigenvalue weighted by Gasteiger charge is 1.93. The van der Waals surface area contributed by atoms with E-state index in [1.165, 1.54) is 5.57 Å². The molecule has 0 unspecified atom stereocenters. The van der Waals surface area contributed by atoms with E-state index in [-0.39, 0.29) is 0 Å². The van der Waals surface area contributed by atoms with Crippen LogP contribution in [0.15, 0.2) is 11.0 Å². The minimum absolute atomic E-state index is 1.10.